The monoisotopic (exact) mass is 451 g/mol. The van der Waals surface area contributed by atoms with Crippen LogP contribution in [0.1, 0.15) is 56.4 Å². The molecule has 0 spiro atoms. The van der Waals surface area contributed by atoms with E-state index in [4.69, 9.17) is 20.2 Å². The van der Waals surface area contributed by atoms with E-state index in [1.165, 1.54) is 37.7 Å². The van der Waals surface area contributed by atoms with Gasteiger partial charge in [0, 0.05) is 50.7 Å². The van der Waals surface area contributed by atoms with Crippen LogP contribution in [0.2, 0.25) is 0 Å². The van der Waals surface area contributed by atoms with Gasteiger partial charge in [0.15, 0.2) is 0 Å². The van der Waals surface area contributed by atoms with Crippen molar-refractivity contribution in [3.63, 3.8) is 0 Å². The third-order valence-corrected chi connectivity index (χ3v) is 7.49. The van der Waals surface area contributed by atoms with Crippen LogP contribution in [-0.4, -0.2) is 55.0 Å². The van der Waals surface area contributed by atoms with Crippen molar-refractivity contribution in [2.24, 2.45) is 5.92 Å². The molecule has 4 N–H and O–H groups in total. The number of hydrogen-bond donors (Lipinski definition) is 3. The summed E-state index contributed by atoms with van der Waals surface area (Å²) < 4.78 is 11.1. The zero-order valence-electron chi connectivity index (χ0n) is 19.5. The molecule has 5 rings (SSSR count). The fraction of sp³-hybridized carbons (Fsp3) is 0.615. The van der Waals surface area contributed by atoms with Gasteiger partial charge in [0.05, 0.1) is 11.8 Å². The van der Waals surface area contributed by atoms with Crippen molar-refractivity contribution in [3.05, 3.63) is 36.0 Å². The van der Waals surface area contributed by atoms with E-state index in [1.807, 2.05) is 12.1 Å². The van der Waals surface area contributed by atoms with Gasteiger partial charge in [-0.3, -0.25) is 0 Å². The molecule has 4 heterocycles. The van der Waals surface area contributed by atoms with Gasteiger partial charge in [-0.25, -0.2) is 9.97 Å². The molecule has 2 saturated heterocycles. The number of aromatic nitrogens is 2. The van der Waals surface area contributed by atoms with Gasteiger partial charge in [0.1, 0.15) is 11.6 Å². The lowest BCUT2D eigenvalue weighted by molar-refractivity contribution is -0.0500. The number of nitrogen functional groups attached to an aromatic ring is 1. The van der Waals surface area contributed by atoms with E-state index in [1.54, 1.807) is 6.20 Å². The summed E-state index contributed by atoms with van der Waals surface area (Å²) in [5.41, 5.74) is 9.45. The summed E-state index contributed by atoms with van der Waals surface area (Å²) in [7, 11) is 0. The maximum atomic E-state index is 6.03. The second kappa shape index (κ2) is 10.8. The summed E-state index contributed by atoms with van der Waals surface area (Å²) in [6, 6.07) is 9.00. The predicted octanol–water partition coefficient (Wildman–Crippen LogP) is 3.97. The predicted molar refractivity (Wildman–Crippen MR) is 131 cm³/mol. The molecule has 0 aromatic carbocycles. The van der Waals surface area contributed by atoms with Gasteiger partial charge in [-0.15, -0.1) is 0 Å². The molecule has 0 amide bonds. The molecule has 1 aliphatic carbocycles. The first-order valence-electron chi connectivity index (χ1n) is 12.6. The molecule has 7 nitrogen and oxygen atoms in total. The topological polar surface area (TPSA) is 94.3 Å². The molecule has 0 bridgehead atoms. The number of ether oxygens (including phenoxy) is 2. The highest BCUT2D eigenvalue weighted by Gasteiger charge is 2.27. The standard InChI is InChI=1S/C26H37N5O2/c27-24-15-20(7-11-28-24)26-23(5-6-25(31-26)30-16-18-8-12-32-13-9-18)19-1-3-21(4-2-19)29-17-22-10-14-33-22/h5-7,11,15,18-19,21-22,29H,1-4,8-10,12-14,16-17H2,(H2,27,28)(H,30,31). The zero-order chi connectivity index (χ0) is 22.5. The lowest BCUT2D eigenvalue weighted by Crippen LogP contribution is -2.42. The number of anilines is 2. The Balaban J connectivity index is 1.28. The molecule has 33 heavy (non-hydrogen) atoms. The molecule has 1 unspecified atom stereocenters. The Labute approximate surface area is 196 Å². The molecule has 2 aromatic rings. The first-order valence-corrected chi connectivity index (χ1v) is 12.6. The van der Waals surface area contributed by atoms with Crippen LogP contribution in [0.4, 0.5) is 11.6 Å². The first kappa shape index (κ1) is 22.6. The van der Waals surface area contributed by atoms with Gasteiger partial charge in [-0.1, -0.05) is 6.07 Å². The highest BCUT2D eigenvalue weighted by atomic mass is 16.5. The Hall–Kier alpha value is -2.22. The summed E-state index contributed by atoms with van der Waals surface area (Å²) in [5.74, 6) is 2.64. The van der Waals surface area contributed by atoms with Crippen LogP contribution in [0.5, 0.6) is 0 Å². The summed E-state index contributed by atoms with van der Waals surface area (Å²) in [5, 5.41) is 7.30. The molecule has 2 aromatic heterocycles. The van der Waals surface area contributed by atoms with Crippen LogP contribution in [0.15, 0.2) is 30.5 Å². The van der Waals surface area contributed by atoms with Crippen LogP contribution < -0.4 is 16.4 Å². The normalized spacial score (nSPS) is 26.0. The molecule has 7 heteroatoms. The average Bonchev–Trinajstić information content (AvgIpc) is 2.83. The van der Waals surface area contributed by atoms with Crippen LogP contribution in [0.25, 0.3) is 11.3 Å². The van der Waals surface area contributed by atoms with Crippen LogP contribution >= 0.6 is 0 Å². The largest absolute Gasteiger partial charge is 0.384 e. The van der Waals surface area contributed by atoms with Gasteiger partial charge in [-0.05, 0) is 80.5 Å². The van der Waals surface area contributed by atoms with Crippen molar-refractivity contribution in [1.82, 2.24) is 15.3 Å². The smallest absolute Gasteiger partial charge is 0.126 e. The van der Waals surface area contributed by atoms with Crippen molar-refractivity contribution >= 4 is 11.6 Å². The van der Waals surface area contributed by atoms with Crippen LogP contribution in [-0.2, 0) is 9.47 Å². The van der Waals surface area contributed by atoms with Gasteiger partial charge in [0.25, 0.3) is 0 Å². The maximum absolute atomic E-state index is 6.03. The van der Waals surface area contributed by atoms with Gasteiger partial charge >= 0.3 is 0 Å². The summed E-state index contributed by atoms with van der Waals surface area (Å²) in [6.07, 6.45) is 10.4. The number of nitrogens with two attached hydrogens (primary N) is 1. The second-order valence-corrected chi connectivity index (χ2v) is 9.78. The molecular formula is C26H37N5O2. The second-order valence-electron chi connectivity index (χ2n) is 9.78. The highest BCUT2D eigenvalue weighted by Crippen LogP contribution is 2.38. The van der Waals surface area contributed by atoms with Crippen molar-refractivity contribution in [1.29, 1.82) is 0 Å². The van der Waals surface area contributed by atoms with Gasteiger partial charge in [-0.2, -0.15) is 0 Å². The Bertz CT molecular complexity index is 905. The van der Waals surface area contributed by atoms with Crippen molar-refractivity contribution < 1.29 is 9.47 Å². The average molecular weight is 452 g/mol. The van der Waals surface area contributed by atoms with Gasteiger partial charge in [0.2, 0.25) is 0 Å². The third-order valence-electron chi connectivity index (χ3n) is 7.49. The Morgan fingerprint density at radius 2 is 1.76 bits per heavy atom. The molecule has 1 saturated carbocycles. The Morgan fingerprint density at radius 1 is 0.939 bits per heavy atom. The quantitative estimate of drug-likeness (QED) is 0.559. The minimum absolute atomic E-state index is 0.428. The zero-order valence-corrected chi connectivity index (χ0v) is 19.5. The Kier molecular flexibility index (Phi) is 7.39. The molecule has 0 radical (unpaired) electrons. The minimum Gasteiger partial charge on any atom is -0.384 e. The van der Waals surface area contributed by atoms with Crippen LogP contribution in [0, 0.1) is 5.92 Å². The van der Waals surface area contributed by atoms with Crippen LogP contribution in [0.3, 0.4) is 0 Å². The molecule has 2 aliphatic heterocycles. The summed E-state index contributed by atoms with van der Waals surface area (Å²) in [6.45, 7) is 4.59. The number of nitrogens with zero attached hydrogens (tertiary/aromatic N) is 2. The molecule has 178 valence electrons. The fourth-order valence-corrected chi connectivity index (χ4v) is 5.28. The lowest BCUT2D eigenvalue weighted by atomic mass is 9.80. The number of rotatable bonds is 8. The molecular weight excluding hydrogens is 414 g/mol. The molecule has 1 atom stereocenters. The van der Waals surface area contributed by atoms with E-state index >= 15 is 0 Å². The maximum Gasteiger partial charge on any atom is 0.126 e. The van der Waals surface area contributed by atoms with Crippen molar-refractivity contribution in [3.8, 4) is 11.3 Å². The highest BCUT2D eigenvalue weighted by molar-refractivity contribution is 5.68. The summed E-state index contributed by atoms with van der Waals surface area (Å²) in [4.78, 5) is 9.27. The van der Waals surface area contributed by atoms with E-state index in [9.17, 15) is 0 Å². The van der Waals surface area contributed by atoms with Crippen molar-refractivity contribution in [2.45, 2.75) is 63.0 Å². The summed E-state index contributed by atoms with van der Waals surface area (Å²) >= 11 is 0. The van der Waals surface area contributed by atoms with Crippen molar-refractivity contribution in [2.75, 3.05) is 44.0 Å². The minimum atomic E-state index is 0.428. The molecule has 3 aliphatic rings. The fourth-order valence-electron chi connectivity index (χ4n) is 5.28. The number of nitrogens with one attached hydrogen (secondary N) is 2. The number of hydrogen-bond acceptors (Lipinski definition) is 7. The third kappa shape index (κ3) is 5.83. The van der Waals surface area contributed by atoms with E-state index < -0.39 is 0 Å². The van der Waals surface area contributed by atoms with E-state index in [2.05, 4.69) is 27.8 Å². The SMILES string of the molecule is Nc1cc(-c2nc(NCC3CCOCC3)ccc2C2CCC(NCC3CCO3)CC2)ccn1. The van der Waals surface area contributed by atoms with E-state index in [-0.39, 0.29) is 0 Å². The number of pyridine rings is 2. The van der Waals surface area contributed by atoms with E-state index in [0.29, 0.717) is 29.8 Å². The molecule has 3 fully saturated rings. The van der Waals surface area contributed by atoms with E-state index in [0.717, 1.165) is 62.8 Å². The first-order chi connectivity index (χ1) is 16.2. The lowest BCUT2D eigenvalue weighted by Gasteiger charge is -2.33. The Morgan fingerprint density at radius 3 is 2.48 bits per heavy atom. The van der Waals surface area contributed by atoms with Gasteiger partial charge < -0.3 is 25.8 Å².